The van der Waals surface area contributed by atoms with Crippen molar-refractivity contribution < 1.29 is 22.7 Å². The molecule has 0 bridgehead atoms. The molecule has 1 amide bonds. The van der Waals surface area contributed by atoms with Crippen LogP contribution in [0.25, 0.3) is 0 Å². The summed E-state index contributed by atoms with van der Waals surface area (Å²) < 4.78 is 43.8. The average molecular weight is 480 g/mol. The van der Waals surface area contributed by atoms with E-state index in [1.807, 2.05) is 18.2 Å². The van der Waals surface area contributed by atoms with Gasteiger partial charge in [0.1, 0.15) is 0 Å². The lowest BCUT2D eigenvalue weighted by Gasteiger charge is -2.17. The first-order valence-corrected chi connectivity index (χ1v) is 10.3. The first-order valence-electron chi connectivity index (χ1n) is 9.89. The number of nitrogens with two attached hydrogens (primary N) is 1. The fourth-order valence-corrected chi connectivity index (χ4v) is 3.33. The first-order chi connectivity index (χ1) is 15.7. The molecule has 3 rings (SSSR count). The third-order valence-corrected chi connectivity index (χ3v) is 5.22. The molecule has 11 heteroatoms. The van der Waals surface area contributed by atoms with E-state index in [2.05, 4.69) is 15.6 Å². The Morgan fingerprint density at radius 3 is 2.58 bits per heavy atom. The van der Waals surface area contributed by atoms with Gasteiger partial charge < -0.3 is 21.6 Å². The second-order valence-electron chi connectivity index (χ2n) is 7.14. The van der Waals surface area contributed by atoms with E-state index in [0.717, 1.165) is 29.6 Å². The number of carbonyl (C=O) groups excluding carboxylic acids is 1. The molecule has 0 unspecified atom stereocenters. The Hall–Kier alpha value is -3.37. The van der Waals surface area contributed by atoms with Gasteiger partial charge in [-0.3, -0.25) is 4.79 Å². The van der Waals surface area contributed by atoms with E-state index in [1.54, 1.807) is 6.07 Å². The van der Waals surface area contributed by atoms with Gasteiger partial charge in [-0.05, 0) is 17.2 Å². The van der Waals surface area contributed by atoms with Gasteiger partial charge in [0.05, 0.1) is 18.0 Å². The van der Waals surface area contributed by atoms with Crippen molar-refractivity contribution in [3.8, 4) is 0 Å². The number of anilines is 1. The summed E-state index contributed by atoms with van der Waals surface area (Å²) >= 11 is 6.00. The van der Waals surface area contributed by atoms with Crippen molar-refractivity contribution in [2.24, 2.45) is 5.73 Å². The number of nitrogens with one attached hydrogen (secondary N) is 2. The van der Waals surface area contributed by atoms with Gasteiger partial charge >= 0.3 is 5.92 Å². The first kappa shape index (κ1) is 24.3. The molecule has 2 heterocycles. The van der Waals surface area contributed by atoms with Crippen LogP contribution in [0.1, 0.15) is 22.4 Å². The Morgan fingerprint density at radius 1 is 1.18 bits per heavy atom. The summed E-state index contributed by atoms with van der Waals surface area (Å²) in [5.41, 5.74) is 6.35. The molecule has 7 nitrogen and oxygen atoms in total. The summed E-state index contributed by atoms with van der Waals surface area (Å²) in [7, 11) is 0. The summed E-state index contributed by atoms with van der Waals surface area (Å²) in [5.74, 6) is -5.67. The Kier molecular flexibility index (Phi) is 7.72. The molecule has 0 spiro atoms. The summed E-state index contributed by atoms with van der Waals surface area (Å²) in [4.78, 5) is 16.1. The van der Waals surface area contributed by atoms with Gasteiger partial charge in [0, 0.05) is 37.0 Å². The lowest BCUT2D eigenvalue weighted by Crippen LogP contribution is -2.41. The molecule has 174 valence electrons. The van der Waals surface area contributed by atoms with Crippen LogP contribution in [0, 0.1) is 11.0 Å². The number of hydrogen-bond donors (Lipinski definition) is 3. The Balaban J connectivity index is 1.69. The zero-order valence-corrected chi connectivity index (χ0v) is 18.1. The average Bonchev–Trinajstić information content (AvgIpc) is 2.80. The lowest BCUT2D eigenvalue weighted by atomic mass is 10.1. The van der Waals surface area contributed by atoms with Crippen LogP contribution in [0.4, 0.5) is 19.0 Å². The summed E-state index contributed by atoms with van der Waals surface area (Å²) in [6.07, 6.45) is 1.57. The molecular weight excluding hydrogens is 459 g/mol. The highest BCUT2D eigenvalue weighted by molar-refractivity contribution is 6.31. The van der Waals surface area contributed by atoms with Gasteiger partial charge in [-0.1, -0.05) is 35.9 Å². The normalized spacial score (nSPS) is 11.3. The van der Waals surface area contributed by atoms with E-state index in [-0.39, 0.29) is 21.9 Å². The van der Waals surface area contributed by atoms with Crippen LogP contribution in [0.15, 0.2) is 54.9 Å². The number of aromatic nitrogens is 2. The molecule has 0 aliphatic carbocycles. The summed E-state index contributed by atoms with van der Waals surface area (Å²) in [6, 6.07) is 10.8. The highest BCUT2D eigenvalue weighted by Gasteiger charge is 2.39. The third kappa shape index (κ3) is 5.91. The van der Waals surface area contributed by atoms with Crippen molar-refractivity contribution in [1.82, 2.24) is 10.3 Å². The van der Waals surface area contributed by atoms with E-state index in [4.69, 9.17) is 17.3 Å². The molecule has 3 aromatic rings. The highest BCUT2D eigenvalue weighted by atomic mass is 35.5. The molecule has 0 fully saturated rings. The number of nitrogens with zero attached hydrogens (tertiary/aromatic N) is 2. The predicted octanol–water partition coefficient (Wildman–Crippen LogP) is 3.03. The van der Waals surface area contributed by atoms with Crippen molar-refractivity contribution in [2.45, 2.75) is 25.4 Å². The van der Waals surface area contributed by atoms with E-state index >= 15 is 0 Å². The number of benzene rings is 1. The molecule has 0 radical (unpaired) electrons. The second-order valence-corrected chi connectivity index (χ2v) is 7.55. The quantitative estimate of drug-likeness (QED) is 0.323. The topological polar surface area (TPSA) is 107 Å². The third-order valence-electron chi connectivity index (χ3n) is 4.90. The standard InChI is InChI=1S/C22H21ClF3N5O2/c23-17-12-29-21(30-13-22(25,26)18-7-3-4-8-31(18)33)20(24)16(17)9-19(32)28-11-15-6-2-1-5-14(15)10-27/h1-8,12H,9-11,13,27H2,(H,28,32)(H,29,30). The largest absolute Gasteiger partial charge is 0.618 e. The van der Waals surface area contributed by atoms with Crippen molar-refractivity contribution in [2.75, 3.05) is 11.9 Å². The summed E-state index contributed by atoms with van der Waals surface area (Å²) in [5, 5.41) is 16.4. The minimum Gasteiger partial charge on any atom is -0.618 e. The Labute approximate surface area is 193 Å². The fraction of sp³-hybridized carbons (Fsp3) is 0.227. The van der Waals surface area contributed by atoms with Crippen LogP contribution in [0.5, 0.6) is 0 Å². The van der Waals surface area contributed by atoms with Crippen LogP contribution >= 0.6 is 11.6 Å². The van der Waals surface area contributed by atoms with Gasteiger partial charge in [0.2, 0.25) is 5.91 Å². The van der Waals surface area contributed by atoms with E-state index in [9.17, 15) is 23.2 Å². The monoisotopic (exact) mass is 479 g/mol. The zero-order valence-electron chi connectivity index (χ0n) is 17.3. The lowest BCUT2D eigenvalue weighted by molar-refractivity contribution is -0.624. The van der Waals surface area contributed by atoms with Crippen LogP contribution in [-0.2, 0) is 30.2 Å². The number of hydrogen-bond acceptors (Lipinski definition) is 5. The van der Waals surface area contributed by atoms with Gasteiger partial charge in [0.25, 0.3) is 5.69 Å². The van der Waals surface area contributed by atoms with Crippen LogP contribution in [0.2, 0.25) is 5.02 Å². The molecule has 0 saturated carbocycles. The SMILES string of the molecule is NCc1ccccc1CNC(=O)Cc1c(Cl)cnc(NCC(F)(F)c2cccc[n+]2[O-])c1F. The number of pyridine rings is 2. The van der Waals surface area contributed by atoms with Gasteiger partial charge in [-0.15, -0.1) is 0 Å². The predicted molar refractivity (Wildman–Crippen MR) is 117 cm³/mol. The minimum absolute atomic E-state index is 0.0336. The smallest absolute Gasteiger partial charge is 0.347 e. The maximum Gasteiger partial charge on any atom is 0.347 e. The maximum absolute atomic E-state index is 14.9. The van der Waals surface area contributed by atoms with Crippen molar-refractivity contribution in [3.63, 3.8) is 0 Å². The van der Waals surface area contributed by atoms with E-state index in [1.165, 1.54) is 12.1 Å². The van der Waals surface area contributed by atoms with Crippen molar-refractivity contribution in [3.05, 3.63) is 93.3 Å². The highest BCUT2D eigenvalue weighted by Crippen LogP contribution is 2.28. The van der Waals surface area contributed by atoms with Crippen molar-refractivity contribution >= 4 is 23.3 Å². The molecule has 0 aliphatic heterocycles. The molecule has 1 aromatic carbocycles. The van der Waals surface area contributed by atoms with E-state index in [0.29, 0.717) is 6.54 Å². The summed E-state index contributed by atoms with van der Waals surface area (Å²) in [6.45, 7) is -0.613. The molecule has 0 atom stereocenters. The van der Waals surface area contributed by atoms with Crippen LogP contribution in [-0.4, -0.2) is 17.4 Å². The maximum atomic E-state index is 14.9. The Bertz CT molecular complexity index is 1150. The zero-order chi connectivity index (χ0) is 24.0. The van der Waals surface area contributed by atoms with Crippen molar-refractivity contribution in [1.29, 1.82) is 0 Å². The van der Waals surface area contributed by atoms with Crippen LogP contribution < -0.4 is 21.1 Å². The molecule has 33 heavy (non-hydrogen) atoms. The molecular formula is C22H21ClF3N5O2. The minimum atomic E-state index is -3.61. The number of halogens is 4. The molecule has 2 aromatic heterocycles. The molecule has 4 N–H and O–H groups in total. The second kappa shape index (κ2) is 10.5. The number of amides is 1. The fourth-order valence-electron chi connectivity index (χ4n) is 3.13. The molecule has 0 aliphatic rings. The van der Waals surface area contributed by atoms with Gasteiger partial charge in [-0.25, -0.2) is 9.37 Å². The van der Waals surface area contributed by atoms with Gasteiger partial charge in [0.15, 0.2) is 17.8 Å². The van der Waals surface area contributed by atoms with Gasteiger partial charge in [-0.2, -0.15) is 13.5 Å². The van der Waals surface area contributed by atoms with E-state index < -0.39 is 42.1 Å². The Morgan fingerprint density at radius 2 is 1.88 bits per heavy atom. The number of carbonyl (C=O) groups is 1. The number of rotatable bonds is 9. The number of alkyl halides is 2. The molecule has 0 saturated heterocycles. The van der Waals surface area contributed by atoms with Crippen LogP contribution in [0.3, 0.4) is 0 Å².